The topological polar surface area (TPSA) is 150 Å². The SMILES string of the molecule is CCOC(=O)CNC(=O)NCc1cccc(-c2ccc(C3OC(CSc4nnnn4-c4ccccc4)C(C)C(c4ccc(CO)cc4)O3)cc2)c1. The highest BCUT2D eigenvalue weighted by molar-refractivity contribution is 7.99. The van der Waals surface area contributed by atoms with Crippen LogP contribution in [0.3, 0.4) is 0 Å². The molecule has 1 fully saturated rings. The van der Waals surface area contributed by atoms with Crippen LogP contribution < -0.4 is 10.6 Å². The van der Waals surface area contributed by atoms with Gasteiger partial charge in [0, 0.05) is 23.8 Å². The highest BCUT2D eigenvalue weighted by Gasteiger charge is 2.38. The number of aliphatic hydroxyl groups is 1. The van der Waals surface area contributed by atoms with Crippen molar-refractivity contribution in [1.29, 1.82) is 0 Å². The first-order valence-corrected chi connectivity index (χ1v) is 17.7. The van der Waals surface area contributed by atoms with Crippen LogP contribution in [-0.2, 0) is 32.2 Å². The first-order chi connectivity index (χ1) is 24.9. The summed E-state index contributed by atoms with van der Waals surface area (Å²) in [5.41, 5.74) is 6.49. The number of benzene rings is 4. The molecule has 1 aliphatic heterocycles. The van der Waals surface area contributed by atoms with E-state index in [2.05, 4.69) is 33.1 Å². The van der Waals surface area contributed by atoms with E-state index in [4.69, 9.17) is 14.2 Å². The van der Waals surface area contributed by atoms with Gasteiger partial charge in [-0.1, -0.05) is 104 Å². The van der Waals surface area contributed by atoms with Crippen molar-refractivity contribution in [3.05, 3.63) is 125 Å². The Balaban J connectivity index is 1.16. The Labute approximate surface area is 300 Å². The second-order valence-corrected chi connectivity index (χ2v) is 13.0. The van der Waals surface area contributed by atoms with Crippen LogP contribution >= 0.6 is 11.8 Å². The Bertz CT molecular complexity index is 1890. The van der Waals surface area contributed by atoms with E-state index < -0.39 is 18.3 Å². The first-order valence-electron chi connectivity index (χ1n) is 16.8. The van der Waals surface area contributed by atoms with Crippen LogP contribution in [0, 0.1) is 5.92 Å². The van der Waals surface area contributed by atoms with E-state index in [1.165, 1.54) is 11.8 Å². The fourth-order valence-electron chi connectivity index (χ4n) is 5.77. The van der Waals surface area contributed by atoms with E-state index in [1.807, 2.05) is 103 Å². The highest BCUT2D eigenvalue weighted by atomic mass is 32.2. The molecule has 6 rings (SSSR count). The molecule has 1 aliphatic rings. The molecule has 5 aromatic rings. The third-order valence-corrected chi connectivity index (χ3v) is 9.54. The summed E-state index contributed by atoms with van der Waals surface area (Å²) in [6, 6.07) is 33.1. The van der Waals surface area contributed by atoms with E-state index in [9.17, 15) is 14.7 Å². The number of aliphatic hydroxyl groups excluding tert-OH is 1. The average molecular weight is 709 g/mol. The van der Waals surface area contributed by atoms with Crippen LogP contribution in [0.4, 0.5) is 4.79 Å². The number of nitrogens with zero attached hydrogens (tertiary/aromatic N) is 4. The second-order valence-electron chi connectivity index (χ2n) is 12.0. The minimum absolute atomic E-state index is 0.00218. The second kappa shape index (κ2) is 17.2. The molecule has 264 valence electrons. The minimum Gasteiger partial charge on any atom is -0.465 e. The Hall–Kier alpha value is -5.08. The molecule has 2 amide bonds. The van der Waals surface area contributed by atoms with Crippen LogP contribution in [0.2, 0.25) is 0 Å². The van der Waals surface area contributed by atoms with Gasteiger partial charge in [-0.3, -0.25) is 4.79 Å². The number of thioether (sulfide) groups is 1. The molecular formula is C38H40N6O6S. The van der Waals surface area contributed by atoms with E-state index in [0.717, 1.165) is 39.1 Å². The lowest BCUT2D eigenvalue weighted by molar-refractivity contribution is -0.268. The van der Waals surface area contributed by atoms with E-state index in [1.54, 1.807) is 11.6 Å². The smallest absolute Gasteiger partial charge is 0.325 e. The van der Waals surface area contributed by atoms with Gasteiger partial charge in [0.1, 0.15) is 6.54 Å². The molecule has 4 atom stereocenters. The zero-order valence-corrected chi connectivity index (χ0v) is 29.2. The molecule has 1 saturated heterocycles. The maximum atomic E-state index is 12.2. The largest absolute Gasteiger partial charge is 0.465 e. The van der Waals surface area contributed by atoms with Crippen LogP contribution in [0.5, 0.6) is 0 Å². The van der Waals surface area contributed by atoms with Gasteiger partial charge in [-0.05, 0) is 63.4 Å². The van der Waals surface area contributed by atoms with Crippen LogP contribution in [0.25, 0.3) is 16.8 Å². The summed E-state index contributed by atoms with van der Waals surface area (Å²) in [7, 11) is 0. The fraction of sp³-hybridized carbons (Fsp3) is 0.289. The fourth-order valence-corrected chi connectivity index (χ4v) is 6.82. The molecule has 2 heterocycles. The van der Waals surface area contributed by atoms with Gasteiger partial charge in [0.15, 0.2) is 6.29 Å². The number of amides is 2. The predicted octanol–water partition coefficient (Wildman–Crippen LogP) is 5.77. The summed E-state index contributed by atoms with van der Waals surface area (Å²) >= 11 is 1.53. The minimum atomic E-state index is -0.628. The maximum absolute atomic E-state index is 12.2. The number of aromatic nitrogens is 4. The molecule has 4 unspecified atom stereocenters. The molecule has 0 aliphatic carbocycles. The molecule has 3 N–H and O–H groups in total. The first kappa shape index (κ1) is 35.7. The van der Waals surface area contributed by atoms with Crippen molar-refractivity contribution < 1.29 is 28.9 Å². The Kier molecular flexibility index (Phi) is 12.1. The quantitative estimate of drug-likeness (QED) is 0.102. The number of esters is 1. The van der Waals surface area contributed by atoms with Crippen molar-refractivity contribution in [2.24, 2.45) is 5.92 Å². The number of nitrogens with one attached hydrogen (secondary N) is 2. The molecule has 12 nitrogen and oxygen atoms in total. The van der Waals surface area contributed by atoms with E-state index in [0.29, 0.717) is 17.5 Å². The maximum Gasteiger partial charge on any atom is 0.325 e. The zero-order valence-electron chi connectivity index (χ0n) is 28.3. The van der Waals surface area contributed by atoms with Crippen LogP contribution in [-0.4, -0.2) is 62.3 Å². The van der Waals surface area contributed by atoms with Gasteiger partial charge in [-0.2, -0.15) is 4.68 Å². The van der Waals surface area contributed by atoms with Gasteiger partial charge in [0.25, 0.3) is 0 Å². The lowest BCUT2D eigenvalue weighted by Gasteiger charge is -2.41. The molecule has 0 spiro atoms. The molecule has 0 saturated carbocycles. The average Bonchev–Trinajstić information content (AvgIpc) is 3.65. The third-order valence-electron chi connectivity index (χ3n) is 8.54. The van der Waals surface area contributed by atoms with Gasteiger partial charge in [0.05, 0.1) is 31.1 Å². The number of carbonyl (C=O) groups is 2. The molecule has 51 heavy (non-hydrogen) atoms. The number of para-hydroxylation sites is 1. The number of hydrogen-bond donors (Lipinski definition) is 3. The van der Waals surface area contributed by atoms with Crippen LogP contribution in [0.1, 0.15) is 48.5 Å². The van der Waals surface area contributed by atoms with E-state index >= 15 is 0 Å². The van der Waals surface area contributed by atoms with E-state index in [-0.39, 0.29) is 37.9 Å². The molecule has 13 heteroatoms. The molecular weight excluding hydrogens is 669 g/mol. The van der Waals surface area contributed by atoms with Gasteiger partial charge < -0.3 is 30.0 Å². The Morgan fingerprint density at radius 2 is 1.65 bits per heavy atom. The molecule has 0 bridgehead atoms. The number of ether oxygens (including phenoxy) is 3. The van der Waals surface area contributed by atoms with Crippen molar-refractivity contribution in [3.8, 4) is 16.8 Å². The van der Waals surface area contributed by atoms with Crippen molar-refractivity contribution >= 4 is 23.8 Å². The third kappa shape index (κ3) is 9.18. The summed E-state index contributed by atoms with van der Waals surface area (Å²) in [4.78, 5) is 23.7. The van der Waals surface area contributed by atoms with Crippen molar-refractivity contribution in [3.63, 3.8) is 0 Å². The summed E-state index contributed by atoms with van der Waals surface area (Å²) in [5, 5.41) is 27.9. The van der Waals surface area contributed by atoms with Gasteiger partial charge in [0.2, 0.25) is 5.16 Å². The zero-order chi connectivity index (χ0) is 35.6. The Morgan fingerprint density at radius 3 is 2.39 bits per heavy atom. The highest BCUT2D eigenvalue weighted by Crippen LogP contribution is 2.43. The molecule has 4 aromatic carbocycles. The predicted molar refractivity (Wildman–Crippen MR) is 192 cm³/mol. The summed E-state index contributed by atoms with van der Waals surface area (Å²) < 4.78 is 19.9. The van der Waals surface area contributed by atoms with Gasteiger partial charge in [-0.25, -0.2) is 4.79 Å². The molecule has 1 aromatic heterocycles. The number of carbonyl (C=O) groups excluding carboxylic acids is 2. The standard InChI is InChI=1S/C38H40N6O6S/c1-3-48-34(46)22-40-37(47)39-21-27-8-7-9-31(20-27)28-16-18-30(19-17-28)36-49-33(25(2)35(50-36)29-14-12-26(23-45)13-15-29)24-51-38-41-42-43-44(38)32-10-5-4-6-11-32/h4-20,25,33,35-36,45H,3,21-24H2,1-2H3,(H2,39,40,47). The summed E-state index contributed by atoms with van der Waals surface area (Å²) in [6.07, 6.45) is -1.08. The molecule has 0 radical (unpaired) electrons. The number of tetrazole rings is 1. The number of rotatable bonds is 13. The van der Waals surface area contributed by atoms with Gasteiger partial charge >= 0.3 is 12.0 Å². The monoisotopic (exact) mass is 708 g/mol. The van der Waals surface area contributed by atoms with Gasteiger partial charge in [-0.15, -0.1) is 5.10 Å². The summed E-state index contributed by atoms with van der Waals surface area (Å²) in [5.74, 6) is 0.108. The lowest BCUT2D eigenvalue weighted by atomic mass is 9.91. The van der Waals surface area contributed by atoms with Crippen molar-refractivity contribution in [2.75, 3.05) is 18.9 Å². The lowest BCUT2D eigenvalue weighted by Crippen LogP contribution is -2.38. The summed E-state index contributed by atoms with van der Waals surface area (Å²) in [6.45, 7) is 4.17. The van der Waals surface area contributed by atoms with Crippen molar-refractivity contribution in [1.82, 2.24) is 30.8 Å². The normalized spacial score (nSPS) is 18.6. The van der Waals surface area contributed by atoms with Crippen molar-refractivity contribution in [2.45, 2.75) is 50.7 Å². The number of hydrogen-bond acceptors (Lipinski definition) is 10. The Morgan fingerprint density at radius 1 is 0.882 bits per heavy atom. The van der Waals surface area contributed by atoms with Crippen LogP contribution in [0.15, 0.2) is 108 Å². The number of urea groups is 1.